The van der Waals surface area contributed by atoms with Crippen molar-refractivity contribution < 1.29 is 19.1 Å². The summed E-state index contributed by atoms with van der Waals surface area (Å²) in [6.45, 7) is 6.35. The van der Waals surface area contributed by atoms with E-state index >= 15 is 0 Å². The first-order valence-corrected chi connectivity index (χ1v) is 10.3. The third-order valence-corrected chi connectivity index (χ3v) is 4.77. The van der Waals surface area contributed by atoms with Gasteiger partial charge in [-0.25, -0.2) is 4.79 Å². The molecule has 8 nitrogen and oxygen atoms in total. The summed E-state index contributed by atoms with van der Waals surface area (Å²) in [5.74, 6) is -0.742. The number of rotatable bonds is 4. The Bertz CT molecular complexity index is 940. The van der Waals surface area contributed by atoms with Gasteiger partial charge in [-0.1, -0.05) is 6.07 Å². The fourth-order valence-corrected chi connectivity index (χ4v) is 3.31. The minimum absolute atomic E-state index is 0.161. The van der Waals surface area contributed by atoms with Crippen LogP contribution in [-0.4, -0.2) is 46.5 Å². The highest BCUT2D eigenvalue weighted by atomic mass is 16.6. The number of hydrogen-bond acceptors (Lipinski definition) is 5. The molecule has 1 aromatic carbocycles. The number of hydrogen-bond donors (Lipinski definition) is 2. The lowest BCUT2D eigenvalue weighted by molar-refractivity contribution is -0.121. The smallest absolute Gasteiger partial charge is 0.410 e. The minimum Gasteiger partial charge on any atom is -0.444 e. The summed E-state index contributed by atoms with van der Waals surface area (Å²) in [6, 6.07) is 10.2. The predicted molar refractivity (Wildman–Crippen MR) is 118 cm³/mol. The summed E-state index contributed by atoms with van der Waals surface area (Å²) >= 11 is 0. The van der Waals surface area contributed by atoms with Crippen molar-refractivity contribution in [3.8, 4) is 0 Å². The molecule has 1 aliphatic rings. The second kappa shape index (κ2) is 9.59. The molecule has 1 saturated heterocycles. The molecule has 1 atom stereocenters. The van der Waals surface area contributed by atoms with Crippen molar-refractivity contribution in [1.82, 2.24) is 9.88 Å². The Hall–Kier alpha value is -3.42. The molecule has 2 N–H and O–H groups in total. The van der Waals surface area contributed by atoms with Gasteiger partial charge in [-0.05, 0) is 63.9 Å². The summed E-state index contributed by atoms with van der Waals surface area (Å²) in [5, 5.41) is 5.70. The SMILES string of the molecule is CC(C)(C)OC(=O)N1CCCC(C(=O)Nc2cccc(NC(=O)c3ccncc3)c2)C1. The largest absolute Gasteiger partial charge is 0.444 e. The molecule has 0 saturated carbocycles. The summed E-state index contributed by atoms with van der Waals surface area (Å²) in [7, 11) is 0. The van der Waals surface area contributed by atoms with Gasteiger partial charge < -0.3 is 20.3 Å². The van der Waals surface area contributed by atoms with E-state index in [9.17, 15) is 14.4 Å². The third kappa shape index (κ3) is 6.53. The van der Waals surface area contributed by atoms with Crippen molar-refractivity contribution >= 4 is 29.3 Å². The van der Waals surface area contributed by atoms with Crippen LogP contribution in [0.1, 0.15) is 44.0 Å². The number of pyridine rings is 1. The van der Waals surface area contributed by atoms with Crippen LogP contribution in [0.2, 0.25) is 0 Å². The predicted octanol–water partition coefficient (Wildman–Crippen LogP) is 3.92. The molecule has 3 amide bonds. The highest BCUT2D eigenvalue weighted by Gasteiger charge is 2.31. The maximum absolute atomic E-state index is 12.8. The van der Waals surface area contributed by atoms with Crippen molar-refractivity contribution in [2.75, 3.05) is 23.7 Å². The average molecular weight is 425 g/mol. The maximum Gasteiger partial charge on any atom is 0.410 e. The molecule has 1 aromatic heterocycles. The molecule has 1 aliphatic heterocycles. The van der Waals surface area contributed by atoms with Crippen LogP contribution in [-0.2, 0) is 9.53 Å². The standard InChI is InChI=1S/C23H28N4O4/c1-23(2,3)31-22(30)27-13-5-6-17(15-27)21(29)26-19-8-4-7-18(14-19)25-20(28)16-9-11-24-12-10-16/h4,7-12,14,17H,5-6,13,15H2,1-3H3,(H,25,28)(H,26,29). The fraction of sp³-hybridized carbons (Fsp3) is 0.391. The molecule has 0 bridgehead atoms. The number of nitrogens with zero attached hydrogens (tertiary/aromatic N) is 2. The van der Waals surface area contributed by atoms with Crippen molar-refractivity contribution in [1.29, 1.82) is 0 Å². The quantitative estimate of drug-likeness (QED) is 0.775. The molecular weight excluding hydrogens is 396 g/mol. The summed E-state index contributed by atoms with van der Waals surface area (Å²) in [4.78, 5) is 42.9. The van der Waals surface area contributed by atoms with Crippen LogP contribution in [0.4, 0.5) is 16.2 Å². The van der Waals surface area contributed by atoms with E-state index < -0.39 is 11.7 Å². The van der Waals surface area contributed by atoms with E-state index in [0.29, 0.717) is 36.4 Å². The Labute approximate surface area is 182 Å². The topological polar surface area (TPSA) is 101 Å². The van der Waals surface area contributed by atoms with E-state index in [2.05, 4.69) is 15.6 Å². The van der Waals surface area contributed by atoms with Gasteiger partial charge in [0.05, 0.1) is 5.92 Å². The van der Waals surface area contributed by atoms with Crippen molar-refractivity contribution in [3.05, 3.63) is 54.4 Å². The van der Waals surface area contributed by atoms with Gasteiger partial charge in [0.25, 0.3) is 5.91 Å². The Morgan fingerprint density at radius 2 is 1.74 bits per heavy atom. The van der Waals surface area contributed by atoms with Gasteiger partial charge in [-0.3, -0.25) is 14.6 Å². The summed E-state index contributed by atoms with van der Waals surface area (Å²) in [5.41, 5.74) is 1.06. The fourth-order valence-electron chi connectivity index (χ4n) is 3.31. The molecule has 1 unspecified atom stereocenters. The molecule has 164 valence electrons. The second-order valence-electron chi connectivity index (χ2n) is 8.53. The van der Waals surface area contributed by atoms with Gasteiger partial charge in [-0.2, -0.15) is 0 Å². The van der Waals surface area contributed by atoms with E-state index in [1.165, 1.54) is 0 Å². The van der Waals surface area contributed by atoms with E-state index in [1.807, 2.05) is 20.8 Å². The van der Waals surface area contributed by atoms with Crippen molar-refractivity contribution in [3.63, 3.8) is 0 Å². The lowest BCUT2D eigenvalue weighted by Crippen LogP contribution is -2.45. The van der Waals surface area contributed by atoms with Crippen LogP contribution in [0.15, 0.2) is 48.8 Å². The first-order valence-electron chi connectivity index (χ1n) is 10.3. The molecule has 0 spiro atoms. The summed E-state index contributed by atoms with van der Waals surface area (Å²) < 4.78 is 5.42. The van der Waals surface area contributed by atoms with Crippen LogP contribution in [0.25, 0.3) is 0 Å². The first kappa shape index (κ1) is 22.3. The van der Waals surface area contributed by atoms with Gasteiger partial charge >= 0.3 is 6.09 Å². The van der Waals surface area contributed by atoms with Crippen LogP contribution in [0.3, 0.4) is 0 Å². The zero-order valence-electron chi connectivity index (χ0n) is 18.1. The van der Waals surface area contributed by atoms with Gasteiger partial charge in [0, 0.05) is 42.4 Å². The number of carbonyl (C=O) groups excluding carboxylic acids is 3. The molecule has 1 fully saturated rings. The van der Waals surface area contributed by atoms with Crippen LogP contribution in [0.5, 0.6) is 0 Å². The average Bonchev–Trinajstić information content (AvgIpc) is 2.73. The van der Waals surface area contributed by atoms with Crippen molar-refractivity contribution in [2.24, 2.45) is 5.92 Å². The number of benzene rings is 1. The first-order chi connectivity index (χ1) is 14.7. The Kier molecular flexibility index (Phi) is 6.89. The normalized spacial score (nSPS) is 16.4. The number of likely N-dealkylation sites (tertiary alicyclic amines) is 1. The van der Waals surface area contributed by atoms with Crippen LogP contribution in [0, 0.1) is 5.92 Å². The van der Waals surface area contributed by atoms with E-state index in [4.69, 9.17) is 4.74 Å². The highest BCUT2D eigenvalue weighted by Crippen LogP contribution is 2.22. The molecule has 31 heavy (non-hydrogen) atoms. The Morgan fingerprint density at radius 3 is 2.42 bits per heavy atom. The minimum atomic E-state index is -0.576. The van der Waals surface area contributed by atoms with Gasteiger partial charge in [0.2, 0.25) is 5.91 Å². The molecule has 2 aromatic rings. The summed E-state index contributed by atoms with van der Waals surface area (Å²) in [6.07, 6.45) is 4.14. The number of anilines is 2. The zero-order chi connectivity index (χ0) is 22.4. The number of aromatic nitrogens is 1. The van der Waals surface area contributed by atoms with Gasteiger partial charge in [-0.15, -0.1) is 0 Å². The second-order valence-corrected chi connectivity index (χ2v) is 8.53. The van der Waals surface area contributed by atoms with E-state index in [0.717, 1.165) is 6.42 Å². The molecular formula is C23H28N4O4. The molecule has 2 heterocycles. The van der Waals surface area contributed by atoms with Gasteiger partial charge in [0.15, 0.2) is 0 Å². The van der Waals surface area contributed by atoms with Crippen LogP contribution < -0.4 is 10.6 Å². The highest BCUT2D eigenvalue weighted by molar-refractivity contribution is 6.04. The number of amides is 3. The number of ether oxygens (including phenoxy) is 1. The molecule has 0 aliphatic carbocycles. The lowest BCUT2D eigenvalue weighted by atomic mass is 9.97. The number of piperidine rings is 1. The third-order valence-electron chi connectivity index (χ3n) is 4.77. The molecule has 8 heteroatoms. The maximum atomic E-state index is 12.8. The number of nitrogens with one attached hydrogen (secondary N) is 2. The zero-order valence-corrected chi connectivity index (χ0v) is 18.1. The van der Waals surface area contributed by atoms with E-state index in [-0.39, 0.29) is 17.7 Å². The van der Waals surface area contributed by atoms with Gasteiger partial charge in [0.1, 0.15) is 5.60 Å². The monoisotopic (exact) mass is 424 g/mol. The lowest BCUT2D eigenvalue weighted by Gasteiger charge is -2.33. The molecule has 0 radical (unpaired) electrons. The number of carbonyl (C=O) groups is 3. The Morgan fingerprint density at radius 1 is 1.06 bits per heavy atom. The Balaban J connectivity index is 1.59. The van der Waals surface area contributed by atoms with Crippen LogP contribution >= 0.6 is 0 Å². The van der Waals surface area contributed by atoms with E-state index in [1.54, 1.807) is 53.7 Å². The molecule has 3 rings (SSSR count). The van der Waals surface area contributed by atoms with Crippen molar-refractivity contribution in [2.45, 2.75) is 39.2 Å².